The molecule has 2 aromatic carbocycles. The SMILES string of the molecule is O=C(O)COc1c(Br)cc(/C=C2\SC(=O)N(Cc3ccc(Cl)cc3)C2=O)cc1Br. The van der Waals surface area contributed by atoms with Gasteiger partial charge in [0.15, 0.2) is 6.61 Å². The maximum Gasteiger partial charge on any atom is 0.341 e. The summed E-state index contributed by atoms with van der Waals surface area (Å²) >= 11 is 13.4. The minimum atomic E-state index is -1.10. The number of thioether (sulfide) groups is 1. The summed E-state index contributed by atoms with van der Waals surface area (Å²) < 4.78 is 6.25. The number of aliphatic carboxylic acids is 1. The van der Waals surface area contributed by atoms with E-state index in [1.54, 1.807) is 42.5 Å². The molecule has 1 fully saturated rings. The van der Waals surface area contributed by atoms with Crippen molar-refractivity contribution in [2.75, 3.05) is 6.61 Å². The number of carbonyl (C=O) groups is 3. The van der Waals surface area contributed by atoms with Gasteiger partial charge in [-0.25, -0.2) is 4.79 Å². The number of carboxylic acids is 1. The van der Waals surface area contributed by atoms with Crippen molar-refractivity contribution in [3.8, 4) is 5.75 Å². The maximum atomic E-state index is 12.7. The van der Waals surface area contributed by atoms with Gasteiger partial charge in [-0.15, -0.1) is 0 Å². The molecule has 0 atom stereocenters. The number of hydrogen-bond donors (Lipinski definition) is 1. The molecule has 6 nitrogen and oxygen atoms in total. The van der Waals surface area contributed by atoms with Crippen LogP contribution in [0.3, 0.4) is 0 Å². The first-order chi connectivity index (χ1) is 13.7. The zero-order valence-electron chi connectivity index (χ0n) is 14.5. The van der Waals surface area contributed by atoms with E-state index in [1.165, 1.54) is 4.90 Å². The van der Waals surface area contributed by atoms with Crippen molar-refractivity contribution in [1.29, 1.82) is 0 Å². The minimum Gasteiger partial charge on any atom is -0.480 e. The Morgan fingerprint density at radius 2 is 1.79 bits per heavy atom. The third kappa shape index (κ3) is 5.42. The van der Waals surface area contributed by atoms with Gasteiger partial charge in [0.05, 0.1) is 20.4 Å². The highest BCUT2D eigenvalue weighted by atomic mass is 79.9. The Kier molecular flexibility index (Phi) is 7.05. The zero-order valence-corrected chi connectivity index (χ0v) is 19.3. The first-order valence-electron chi connectivity index (χ1n) is 8.08. The Morgan fingerprint density at radius 3 is 2.38 bits per heavy atom. The largest absolute Gasteiger partial charge is 0.480 e. The van der Waals surface area contributed by atoms with Crippen LogP contribution in [0.2, 0.25) is 5.02 Å². The van der Waals surface area contributed by atoms with E-state index in [0.29, 0.717) is 30.2 Å². The number of benzene rings is 2. The van der Waals surface area contributed by atoms with Gasteiger partial charge in [0, 0.05) is 5.02 Å². The summed E-state index contributed by atoms with van der Waals surface area (Å²) in [4.78, 5) is 37.1. The lowest BCUT2D eigenvalue weighted by Gasteiger charge is -2.12. The molecule has 0 unspecified atom stereocenters. The van der Waals surface area contributed by atoms with E-state index in [2.05, 4.69) is 31.9 Å². The van der Waals surface area contributed by atoms with Crippen molar-refractivity contribution in [3.05, 3.63) is 66.4 Å². The smallest absolute Gasteiger partial charge is 0.341 e. The van der Waals surface area contributed by atoms with Gasteiger partial charge in [0.2, 0.25) is 0 Å². The second kappa shape index (κ2) is 9.34. The quantitative estimate of drug-likeness (QED) is 0.465. The van der Waals surface area contributed by atoms with Gasteiger partial charge < -0.3 is 9.84 Å². The molecule has 0 aliphatic carbocycles. The molecule has 2 aromatic rings. The summed E-state index contributed by atoms with van der Waals surface area (Å²) in [6.07, 6.45) is 1.60. The lowest BCUT2D eigenvalue weighted by Crippen LogP contribution is -2.27. The summed E-state index contributed by atoms with van der Waals surface area (Å²) in [5.74, 6) is -1.14. The number of halogens is 3. The van der Waals surface area contributed by atoms with E-state index >= 15 is 0 Å². The lowest BCUT2D eigenvalue weighted by atomic mass is 10.2. The molecule has 0 spiro atoms. The second-order valence-electron chi connectivity index (χ2n) is 5.89. The molecule has 1 aliphatic heterocycles. The second-order valence-corrected chi connectivity index (χ2v) is 9.03. The molecule has 150 valence electrons. The van der Waals surface area contributed by atoms with Gasteiger partial charge >= 0.3 is 5.97 Å². The van der Waals surface area contributed by atoms with Gasteiger partial charge in [-0.2, -0.15) is 0 Å². The summed E-state index contributed by atoms with van der Waals surface area (Å²) in [5, 5.41) is 8.98. The summed E-state index contributed by atoms with van der Waals surface area (Å²) in [5.41, 5.74) is 1.44. The third-order valence-electron chi connectivity index (χ3n) is 3.79. The first-order valence-corrected chi connectivity index (χ1v) is 10.9. The summed E-state index contributed by atoms with van der Waals surface area (Å²) in [6.45, 7) is -0.325. The van der Waals surface area contributed by atoms with Crippen LogP contribution in [0.1, 0.15) is 11.1 Å². The van der Waals surface area contributed by atoms with Crippen molar-refractivity contribution in [1.82, 2.24) is 4.90 Å². The number of carboxylic acid groups (broad SMARTS) is 1. The Hall–Kier alpha value is -1.81. The van der Waals surface area contributed by atoms with Crippen LogP contribution in [0.25, 0.3) is 6.08 Å². The van der Waals surface area contributed by atoms with E-state index in [0.717, 1.165) is 17.3 Å². The number of imide groups is 1. The molecule has 29 heavy (non-hydrogen) atoms. The van der Waals surface area contributed by atoms with Crippen LogP contribution in [0.4, 0.5) is 4.79 Å². The van der Waals surface area contributed by atoms with E-state index in [1.807, 2.05) is 0 Å². The van der Waals surface area contributed by atoms with Gasteiger partial charge in [-0.3, -0.25) is 14.5 Å². The average molecular weight is 562 g/mol. The van der Waals surface area contributed by atoms with Crippen molar-refractivity contribution >= 4 is 78.4 Å². The third-order valence-corrected chi connectivity index (χ3v) is 6.12. The van der Waals surface area contributed by atoms with Crippen LogP contribution in [0.15, 0.2) is 50.2 Å². The van der Waals surface area contributed by atoms with Gasteiger partial charge in [-0.05, 0) is 85.1 Å². The fourth-order valence-corrected chi connectivity index (χ4v) is 4.91. The molecular formula is C19H12Br2ClNO5S. The summed E-state index contributed by atoms with van der Waals surface area (Å²) in [7, 11) is 0. The predicted molar refractivity (Wildman–Crippen MR) is 118 cm³/mol. The Bertz CT molecular complexity index is 1000. The molecule has 0 bridgehead atoms. The van der Waals surface area contributed by atoms with Crippen molar-refractivity contribution < 1.29 is 24.2 Å². The minimum absolute atomic E-state index is 0.161. The zero-order chi connectivity index (χ0) is 21.1. The number of rotatable bonds is 6. The van der Waals surface area contributed by atoms with Crippen molar-refractivity contribution in [2.45, 2.75) is 6.54 Å². The first kappa shape index (κ1) is 21.9. The Balaban J connectivity index is 1.80. The molecule has 1 heterocycles. The van der Waals surface area contributed by atoms with E-state index in [9.17, 15) is 14.4 Å². The molecule has 10 heteroatoms. The van der Waals surface area contributed by atoms with Crippen LogP contribution in [0.5, 0.6) is 5.75 Å². The predicted octanol–water partition coefficient (Wildman–Crippen LogP) is 5.56. The molecule has 1 aliphatic rings. The maximum absolute atomic E-state index is 12.7. The lowest BCUT2D eigenvalue weighted by molar-refractivity contribution is -0.139. The Morgan fingerprint density at radius 1 is 1.17 bits per heavy atom. The van der Waals surface area contributed by atoms with E-state index < -0.39 is 12.6 Å². The van der Waals surface area contributed by atoms with E-state index in [-0.39, 0.29) is 17.7 Å². The normalized spacial score (nSPS) is 15.3. The summed E-state index contributed by atoms with van der Waals surface area (Å²) in [6, 6.07) is 10.3. The molecule has 1 N–H and O–H groups in total. The topological polar surface area (TPSA) is 83.9 Å². The highest BCUT2D eigenvalue weighted by Gasteiger charge is 2.35. The fourth-order valence-electron chi connectivity index (χ4n) is 2.49. The number of nitrogens with zero attached hydrogens (tertiary/aromatic N) is 1. The fraction of sp³-hybridized carbons (Fsp3) is 0.105. The van der Waals surface area contributed by atoms with Crippen molar-refractivity contribution in [2.24, 2.45) is 0 Å². The number of hydrogen-bond acceptors (Lipinski definition) is 5. The average Bonchev–Trinajstić information content (AvgIpc) is 2.90. The van der Waals surface area contributed by atoms with Crippen LogP contribution < -0.4 is 4.74 Å². The molecule has 0 radical (unpaired) electrons. The molecular weight excluding hydrogens is 550 g/mol. The van der Waals surface area contributed by atoms with Crippen LogP contribution >= 0.6 is 55.2 Å². The van der Waals surface area contributed by atoms with Crippen LogP contribution in [-0.4, -0.2) is 33.7 Å². The monoisotopic (exact) mass is 559 g/mol. The van der Waals surface area contributed by atoms with Crippen LogP contribution in [0, 0.1) is 0 Å². The molecule has 3 rings (SSSR count). The molecule has 0 saturated carbocycles. The number of ether oxygens (including phenoxy) is 1. The van der Waals surface area contributed by atoms with Gasteiger partial charge in [0.1, 0.15) is 5.75 Å². The van der Waals surface area contributed by atoms with Gasteiger partial charge in [-0.1, -0.05) is 23.7 Å². The number of carbonyl (C=O) groups excluding carboxylic acids is 2. The highest BCUT2D eigenvalue weighted by Crippen LogP contribution is 2.38. The van der Waals surface area contributed by atoms with Gasteiger partial charge in [0.25, 0.3) is 11.1 Å². The Labute approximate surface area is 192 Å². The van der Waals surface area contributed by atoms with Crippen molar-refractivity contribution in [3.63, 3.8) is 0 Å². The molecule has 1 saturated heterocycles. The highest BCUT2D eigenvalue weighted by molar-refractivity contribution is 9.11. The van der Waals surface area contributed by atoms with Crippen LogP contribution in [-0.2, 0) is 16.1 Å². The molecule has 2 amide bonds. The standard InChI is InChI=1S/C19H12Br2ClNO5S/c20-13-5-11(6-14(21)17(13)28-9-16(24)25)7-15-18(26)23(19(27)29-15)8-10-1-3-12(22)4-2-10/h1-7H,8-9H2,(H,24,25)/b15-7-. The van der Waals surface area contributed by atoms with E-state index in [4.69, 9.17) is 21.4 Å². The molecule has 0 aromatic heterocycles. The number of amides is 2.